The lowest BCUT2D eigenvalue weighted by atomic mass is 10.0. The van der Waals surface area contributed by atoms with E-state index in [0.717, 1.165) is 52.9 Å². The third-order valence-electron chi connectivity index (χ3n) is 5.02. The molecule has 1 aliphatic rings. The van der Waals surface area contributed by atoms with Crippen LogP contribution in [0.1, 0.15) is 22.3 Å². The maximum Gasteiger partial charge on any atom is 0.256 e. The number of pyridine rings is 1. The maximum absolute atomic E-state index is 13.3. The quantitative estimate of drug-likeness (QED) is 0.549. The number of nitrogens with zero attached hydrogens (tertiary/aromatic N) is 2. The lowest BCUT2D eigenvalue weighted by Crippen LogP contribution is -2.28. The van der Waals surface area contributed by atoms with E-state index in [1.165, 1.54) is 0 Å². The Morgan fingerprint density at radius 2 is 1.97 bits per heavy atom. The van der Waals surface area contributed by atoms with Crippen molar-refractivity contribution >= 4 is 55.8 Å². The third-order valence-corrected chi connectivity index (χ3v) is 5.76. The summed E-state index contributed by atoms with van der Waals surface area (Å²) in [5.74, 6) is 0.675. The molecular weight excluding hydrogens is 454 g/mol. The summed E-state index contributed by atoms with van der Waals surface area (Å²) in [4.78, 5) is 20.4. The van der Waals surface area contributed by atoms with Gasteiger partial charge in [0.05, 0.1) is 17.7 Å². The predicted octanol–water partition coefficient (Wildman–Crippen LogP) is 5.44. The van der Waals surface area contributed by atoms with Crippen molar-refractivity contribution in [2.45, 2.75) is 13.3 Å². The highest BCUT2D eigenvalue weighted by Gasteiger charge is 2.22. The lowest BCUT2D eigenvalue weighted by molar-refractivity contribution is 0.102. The number of nitrogens with one attached hydrogen (secondary N) is 1. The molecule has 3 aromatic rings. The van der Waals surface area contributed by atoms with Crippen LogP contribution in [0, 0.1) is 6.92 Å². The van der Waals surface area contributed by atoms with Crippen LogP contribution in [0.2, 0.25) is 5.02 Å². The zero-order valence-corrected chi connectivity index (χ0v) is 18.4. The van der Waals surface area contributed by atoms with Crippen LogP contribution >= 0.6 is 27.5 Å². The fourth-order valence-electron chi connectivity index (χ4n) is 3.60. The van der Waals surface area contributed by atoms with Gasteiger partial charge in [-0.3, -0.25) is 4.79 Å². The van der Waals surface area contributed by atoms with Gasteiger partial charge in [-0.2, -0.15) is 0 Å². The molecule has 4 rings (SSSR count). The fourth-order valence-corrected chi connectivity index (χ4v) is 4.09. The number of hydrogen-bond acceptors (Lipinski definition) is 4. The van der Waals surface area contributed by atoms with Gasteiger partial charge in [0.2, 0.25) is 0 Å². The zero-order valence-electron chi connectivity index (χ0n) is 16.0. The number of hydrogen-bond donors (Lipinski definition) is 1. The predicted molar refractivity (Wildman–Crippen MR) is 121 cm³/mol. The molecular formula is C22H21BrClN3O2. The van der Waals surface area contributed by atoms with Crippen molar-refractivity contribution in [3.8, 4) is 0 Å². The van der Waals surface area contributed by atoms with Gasteiger partial charge in [0.15, 0.2) is 0 Å². The molecule has 0 radical (unpaired) electrons. The van der Waals surface area contributed by atoms with Gasteiger partial charge in [-0.15, -0.1) is 0 Å². The number of rotatable bonds is 3. The summed E-state index contributed by atoms with van der Waals surface area (Å²) in [6, 6.07) is 12.9. The van der Waals surface area contributed by atoms with Gasteiger partial charge in [0, 0.05) is 45.8 Å². The Labute approximate surface area is 183 Å². The van der Waals surface area contributed by atoms with Crippen LogP contribution in [0.25, 0.3) is 10.9 Å². The Kier molecular flexibility index (Phi) is 6.04. The lowest BCUT2D eigenvalue weighted by Gasteiger charge is -2.25. The van der Waals surface area contributed by atoms with E-state index >= 15 is 0 Å². The molecule has 1 amide bonds. The Morgan fingerprint density at radius 3 is 2.76 bits per heavy atom. The minimum Gasteiger partial charge on any atom is -0.380 e. The molecule has 2 aromatic carbocycles. The number of amides is 1. The van der Waals surface area contributed by atoms with Gasteiger partial charge in [-0.1, -0.05) is 27.5 Å². The van der Waals surface area contributed by atoms with E-state index in [9.17, 15) is 4.79 Å². The molecule has 7 heteroatoms. The largest absolute Gasteiger partial charge is 0.380 e. The first kappa shape index (κ1) is 20.1. The first-order valence-corrected chi connectivity index (χ1v) is 10.7. The monoisotopic (exact) mass is 473 g/mol. The second kappa shape index (κ2) is 8.69. The molecule has 1 saturated heterocycles. The standard InChI is InChI=1S/C22H21BrClN3O2/c1-14-20(22(28)25-17-6-4-16(24)5-7-17)18-13-15(23)3-8-19(18)26-21(14)27-9-2-11-29-12-10-27/h3-8,13H,2,9-12H2,1H3,(H,25,28). The zero-order chi connectivity index (χ0) is 20.4. The molecule has 0 bridgehead atoms. The number of ether oxygens (including phenoxy) is 1. The van der Waals surface area contributed by atoms with E-state index in [0.29, 0.717) is 22.9 Å². The number of benzene rings is 2. The molecule has 1 fully saturated rings. The summed E-state index contributed by atoms with van der Waals surface area (Å²) in [6.45, 7) is 4.99. The topological polar surface area (TPSA) is 54.5 Å². The molecule has 2 heterocycles. The van der Waals surface area contributed by atoms with E-state index in [4.69, 9.17) is 21.3 Å². The molecule has 1 aromatic heterocycles. The van der Waals surface area contributed by atoms with Crippen LogP contribution in [0.5, 0.6) is 0 Å². The van der Waals surface area contributed by atoms with Crippen molar-refractivity contribution in [3.63, 3.8) is 0 Å². The van der Waals surface area contributed by atoms with E-state index in [2.05, 4.69) is 26.1 Å². The van der Waals surface area contributed by atoms with Gasteiger partial charge >= 0.3 is 0 Å². The molecule has 150 valence electrons. The second-order valence-corrected chi connectivity index (χ2v) is 8.36. The number of carbonyl (C=O) groups is 1. The summed E-state index contributed by atoms with van der Waals surface area (Å²) in [5, 5.41) is 4.44. The minimum atomic E-state index is -0.164. The highest BCUT2D eigenvalue weighted by atomic mass is 79.9. The highest BCUT2D eigenvalue weighted by Crippen LogP contribution is 2.31. The average molecular weight is 475 g/mol. The number of anilines is 2. The summed E-state index contributed by atoms with van der Waals surface area (Å²) >= 11 is 9.48. The molecule has 1 N–H and O–H groups in total. The summed E-state index contributed by atoms with van der Waals surface area (Å²) in [6.07, 6.45) is 0.936. The van der Waals surface area contributed by atoms with Crippen molar-refractivity contribution in [3.05, 3.63) is 63.1 Å². The van der Waals surface area contributed by atoms with Gasteiger partial charge in [-0.05, 0) is 55.8 Å². The van der Waals surface area contributed by atoms with E-state index < -0.39 is 0 Å². The Bertz CT molecular complexity index is 1050. The van der Waals surface area contributed by atoms with E-state index in [-0.39, 0.29) is 5.91 Å². The van der Waals surface area contributed by atoms with Gasteiger partial charge < -0.3 is 15.0 Å². The summed E-state index contributed by atoms with van der Waals surface area (Å²) in [5.41, 5.74) is 2.99. The first-order chi connectivity index (χ1) is 14.0. The number of fused-ring (bicyclic) bond motifs is 1. The third kappa shape index (κ3) is 4.39. The van der Waals surface area contributed by atoms with E-state index in [1.54, 1.807) is 24.3 Å². The van der Waals surface area contributed by atoms with Gasteiger partial charge in [-0.25, -0.2) is 4.98 Å². The first-order valence-electron chi connectivity index (χ1n) is 9.52. The number of halogens is 2. The van der Waals surface area contributed by atoms with Crippen molar-refractivity contribution in [1.29, 1.82) is 0 Å². The maximum atomic E-state index is 13.3. The van der Waals surface area contributed by atoms with Crippen LogP contribution in [-0.2, 0) is 4.74 Å². The van der Waals surface area contributed by atoms with Crippen LogP contribution in [0.4, 0.5) is 11.5 Å². The fraction of sp³-hybridized carbons (Fsp3) is 0.273. The van der Waals surface area contributed by atoms with Crippen molar-refractivity contribution in [2.24, 2.45) is 0 Å². The molecule has 29 heavy (non-hydrogen) atoms. The van der Waals surface area contributed by atoms with Crippen LogP contribution < -0.4 is 10.2 Å². The smallest absolute Gasteiger partial charge is 0.256 e. The Balaban J connectivity index is 1.81. The van der Waals surface area contributed by atoms with Crippen LogP contribution in [0.15, 0.2) is 46.9 Å². The molecule has 0 unspecified atom stereocenters. The number of aromatic nitrogens is 1. The average Bonchev–Trinajstić information content (AvgIpc) is 2.98. The van der Waals surface area contributed by atoms with Gasteiger partial charge in [0.25, 0.3) is 5.91 Å². The van der Waals surface area contributed by atoms with Crippen LogP contribution in [0.3, 0.4) is 0 Å². The molecule has 1 aliphatic heterocycles. The molecule has 0 saturated carbocycles. The highest BCUT2D eigenvalue weighted by molar-refractivity contribution is 9.10. The minimum absolute atomic E-state index is 0.164. The van der Waals surface area contributed by atoms with Crippen molar-refractivity contribution in [1.82, 2.24) is 4.98 Å². The van der Waals surface area contributed by atoms with Crippen LogP contribution in [-0.4, -0.2) is 37.2 Å². The summed E-state index contributed by atoms with van der Waals surface area (Å²) < 4.78 is 6.50. The molecule has 0 aliphatic carbocycles. The molecule has 5 nitrogen and oxygen atoms in total. The second-order valence-electron chi connectivity index (χ2n) is 7.01. The SMILES string of the molecule is Cc1c(N2CCCOCC2)nc2ccc(Br)cc2c1C(=O)Nc1ccc(Cl)cc1. The Morgan fingerprint density at radius 1 is 1.17 bits per heavy atom. The molecule has 0 atom stereocenters. The Hall–Kier alpha value is -2.15. The number of carbonyl (C=O) groups excluding carboxylic acids is 1. The van der Waals surface area contributed by atoms with E-state index in [1.807, 2.05) is 25.1 Å². The van der Waals surface area contributed by atoms with Crippen molar-refractivity contribution < 1.29 is 9.53 Å². The van der Waals surface area contributed by atoms with Gasteiger partial charge in [0.1, 0.15) is 5.82 Å². The molecule has 0 spiro atoms. The normalized spacial score (nSPS) is 14.7. The van der Waals surface area contributed by atoms with Crippen molar-refractivity contribution in [2.75, 3.05) is 36.5 Å². The summed E-state index contributed by atoms with van der Waals surface area (Å²) in [7, 11) is 0.